The van der Waals surface area contributed by atoms with Gasteiger partial charge >= 0.3 is 0 Å². The van der Waals surface area contributed by atoms with E-state index in [0.29, 0.717) is 22.7 Å². The highest BCUT2D eigenvalue weighted by atomic mass is 35.5. The minimum atomic E-state index is -3.01. The molecule has 1 fully saturated rings. The fraction of sp³-hybridized carbons (Fsp3) is 0.429. The van der Waals surface area contributed by atoms with Crippen molar-refractivity contribution in [2.75, 3.05) is 11.5 Å². The maximum absolute atomic E-state index is 11.8. The third kappa shape index (κ3) is 4.83. The molecule has 1 aromatic carbocycles. The molecular weight excluding hydrogens is 363 g/mol. The highest BCUT2D eigenvalue weighted by Gasteiger charge is 2.29. The molecule has 6 nitrogen and oxygen atoms in total. The van der Waals surface area contributed by atoms with Crippen molar-refractivity contribution in [2.45, 2.75) is 19.8 Å². The van der Waals surface area contributed by atoms with Crippen LogP contribution in [0.3, 0.4) is 0 Å². The fourth-order valence-corrected chi connectivity index (χ4v) is 4.74. The molecule has 1 atom stereocenters. The Bertz CT molecular complexity index is 762. The van der Waals surface area contributed by atoms with E-state index >= 15 is 0 Å². The number of carbonyl (C=O) groups excluding carboxylic acids is 1. The minimum absolute atomic E-state index is 0.0355. The van der Waals surface area contributed by atoms with Gasteiger partial charge in [-0.25, -0.2) is 13.8 Å². The van der Waals surface area contributed by atoms with Crippen LogP contribution in [0.25, 0.3) is 0 Å². The number of halogens is 2. The maximum atomic E-state index is 11.8. The molecule has 1 amide bonds. The molecule has 2 N–H and O–H groups in total. The summed E-state index contributed by atoms with van der Waals surface area (Å²) in [6.45, 7) is 1.59. The van der Waals surface area contributed by atoms with Crippen molar-refractivity contribution in [3.63, 3.8) is 0 Å². The normalized spacial score (nSPS) is 20.5. The number of carbonyl (C=O) groups is 1. The van der Waals surface area contributed by atoms with Crippen molar-refractivity contribution in [1.82, 2.24) is 5.43 Å². The zero-order valence-corrected chi connectivity index (χ0v) is 14.7. The molecule has 2 rings (SSSR count). The van der Waals surface area contributed by atoms with Crippen molar-refractivity contribution >= 4 is 44.7 Å². The Balaban J connectivity index is 2.01. The van der Waals surface area contributed by atoms with Gasteiger partial charge in [0, 0.05) is 17.0 Å². The topological polar surface area (TPSA) is 95.8 Å². The van der Waals surface area contributed by atoms with Gasteiger partial charge in [-0.2, -0.15) is 5.10 Å². The van der Waals surface area contributed by atoms with E-state index in [0.717, 1.165) is 0 Å². The van der Waals surface area contributed by atoms with Crippen LogP contribution in [0.2, 0.25) is 10.0 Å². The Labute approximate surface area is 144 Å². The number of hydrazone groups is 1. The van der Waals surface area contributed by atoms with Gasteiger partial charge in [-0.15, -0.1) is 0 Å². The average Bonchev–Trinajstić information content (AvgIpc) is 2.79. The van der Waals surface area contributed by atoms with Crippen molar-refractivity contribution in [3.8, 4) is 5.75 Å². The van der Waals surface area contributed by atoms with E-state index in [1.807, 2.05) is 0 Å². The van der Waals surface area contributed by atoms with Gasteiger partial charge in [-0.3, -0.25) is 4.79 Å². The van der Waals surface area contributed by atoms with Crippen LogP contribution < -0.4 is 5.43 Å². The zero-order valence-electron chi connectivity index (χ0n) is 12.3. The van der Waals surface area contributed by atoms with Gasteiger partial charge in [0.25, 0.3) is 0 Å². The van der Waals surface area contributed by atoms with Crippen LogP contribution in [0, 0.1) is 5.92 Å². The first-order valence-electron chi connectivity index (χ1n) is 6.90. The highest BCUT2D eigenvalue weighted by Crippen LogP contribution is 2.31. The smallest absolute Gasteiger partial charge is 0.240 e. The lowest BCUT2D eigenvalue weighted by atomic mass is 10.1. The summed E-state index contributed by atoms with van der Waals surface area (Å²) in [6, 6.07) is 2.88. The fourth-order valence-electron chi connectivity index (χ4n) is 2.39. The molecule has 23 heavy (non-hydrogen) atoms. The molecule has 0 aliphatic carbocycles. The number of hydrogen-bond acceptors (Lipinski definition) is 5. The standard InChI is InChI=1S/C14H16Cl2N2O4S/c1-8(11-5-10(15)6-12(16)14(11)20)17-18-13(19)4-9-2-3-23(21,22)7-9/h5-6,9,20H,2-4,7H2,1H3,(H,18,19)/b17-8+/t9-/m1/s1. The van der Waals surface area contributed by atoms with Gasteiger partial charge < -0.3 is 5.11 Å². The van der Waals surface area contributed by atoms with Gasteiger partial charge in [0.1, 0.15) is 5.75 Å². The third-order valence-electron chi connectivity index (χ3n) is 3.57. The van der Waals surface area contributed by atoms with Crippen LogP contribution in [0.1, 0.15) is 25.3 Å². The molecule has 1 aromatic rings. The van der Waals surface area contributed by atoms with Gasteiger partial charge in [-0.05, 0) is 31.4 Å². The molecule has 9 heteroatoms. The van der Waals surface area contributed by atoms with Crippen LogP contribution in [-0.4, -0.2) is 36.6 Å². The van der Waals surface area contributed by atoms with Gasteiger partial charge in [-0.1, -0.05) is 23.2 Å². The van der Waals surface area contributed by atoms with Gasteiger partial charge in [0.05, 0.1) is 22.2 Å². The number of nitrogens with one attached hydrogen (secondary N) is 1. The largest absolute Gasteiger partial charge is 0.506 e. The molecule has 0 radical (unpaired) electrons. The summed E-state index contributed by atoms with van der Waals surface area (Å²) in [5.41, 5.74) is 3.00. The number of phenolic OH excluding ortho intramolecular Hbond substituents is 1. The first kappa shape index (κ1) is 18.0. The van der Waals surface area contributed by atoms with E-state index in [1.165, 1.54) is 12.1 Å². The zero-order chi connectivity index (χ0) is 17.2. The molecule has 1 heterocycles. The summed E-state index contributed by atoms with van der Waals surface area (Å²) >= 11 is 11.7. The Morgan fingerprint density at radius 3 is 2.74 bits per heavy atom. The van der Waals surface area contributed by atoms with Crippen LogP contribution in [0.15, 0.2) is 17.2 Å². The minimum Gasteiger partial charge on any atom is -0.506 e. The van der Waals surface area contributed by atoms with E-state index in [4.69, 9.17) is 23.2 Å². The molecule has 126 valence electrons. The molecular formula is C14H16Cl2N2O4S. The van der Waals surface area contributed by atoms with Crippen LogP contribution in [0.4, 0.5) is 0 Å². The van der Waals surface area contributed by atoms with Crippen LogP contribution in [-0.2, 0) is 14.6 Å². The number of rotatable bonds is 4. The second-order valence-corrected chi connectivity index (χ2v) is 8.56. The molecule has 1 aliphatic heterocycles. The number of sulfone groups is 1. The third-order valence-corrected chi connectivity index (χ3v) is 5.91. The number of aromatic hydroxyl groups is 1. The predicted octanol–water partition coefficient (Wildman–Crippen LogP) is 2.36. The van der Waals surface area contributed by atoms with E-state index in [9.17, 15) is 18.3 Å². The molecule has 0 unspecified atom stereocenters. The molecule has 0 saturated carbocycles. The second kappa shape index (κ2) is 7.07. The Morgan fingerprint density at radius 1 is 1.43 bits per heavy atom. The summed E-state index contributed by atoms with van der Waals surface area (Å²) in [7, 11) is -3.01. The number of nitrogens with zero attached hydrogens (tertiary/aromatic N) is 1. The first-order valence-corrected chi connectivity index (χ1v) is 9.47. The van der Waals surface area contributed by atoms with Gasteiger partial charge in [0.2, 0.25) is 5.91 Å². The molecule has 1 aliphatic rings. The Morgan fingerprint density at radius 2 is 2.13 bits per heavy atom. The summed E-state index contributed by atoms with van der Waals surface area (Å²) in [4.78, 5) is 11.8. The Kier molecular flexibility index (Phi) is 5.54. The molecule has 1 saturated heterocycles. The number of benzene rings is 1. The summed E-state index contributed by atoms with van der Waals surface area (Å²) in [5, 5.41) is 14.2. The highest BCUT2D eigenvalue weighted by molar-refractivity contribution is 7.91. The summed E-state index contributed by atoms with van der Waals surface area (Å²) in [6.07, 6.45) is 0.585. The van der Waals surface area contributed by atoms with E-state index in [1.54, 1.807) is 6.92 Å². The summed E-state index contributed by atoms with van der Waals surface area (Å²) in [5.74, 6) is -0.562. The lowest BCUT2D eigenvalue weighted by Crippen LogP contribution is -2.22. The number of phenols is 1. The van der Waals surface area contributed by atoms with E-state index < -0.39 is 9.84 Å². The molecule has 0 spiro atoms. The second-order valence-electron chi connectivity index (χ2n) is 5.49. The lowest BCUT2D eigenvalue weighted by molar-refractivity contribution is -0.121. The van der Waals surface area contributed by atoms with Crippen molar-refractivity contribution in [1.29, 1.82) is 0 Å². The van der Waals surface area contributed by atoms with Crippen molar-refractivity contribution < 1.29 is 18.3 Å². The lowest BCUT2D eigenvalue weighted by Gasteiger charge is -2.08. The van der Waals surface area contributed by atoms with E-state index in [2.05, 4.69) is 10.5 Å². The number of amides is 1. The van der Waals surface area contributed by atoms with Crippen LogP contribution >= 0.6 is 23.2 Å². The van der Waals surface area contributed by atoms with Crippen molar-refractivity contribution in [2.24, 2.45) is 11.0 Å². The quantitative estimate of drug-likeness (QED) is 0.620. The van der Waals surface area contributed by atoms with Crippen molar-refractivity contribution in [3.05, 3.63) is 27.7 Å². The monoisotopic (exact) mass is 378 g/mol. The maximum Gasteiger partial charge on any atom is 0.240 e. The SMILES string of the molecule is C/C(=N\NC(=O)C[C@H]1CCS(=O)(=O)C1)c1cc(Cl)cc(Cl)c1O. The van der Waals surface area contributed by atoms with Crippen LogP contribution in [0.5, 0.6) is 5.75 Å². The number of hydrogen-bond donors (Lipinski definition) is 2. The predicted molar refractivity (Wildman–Crippen MR) is 89.9 cm³/mol. The molecule has 0 bridgehead atoms. The first-order chi connectivity index (χ1) is 10.7. The van der Waals surface area contributed by atoms with E-state index in [-0.39, 0.29) is 40.5 Å². The van der Waals surface area contributed by atoms with Gasteiger partial charge in [0.15, 0.2) is 9.84 Å². The molecule has 0 aromatic heterocycles. The summed E-state index contributed by atoms with van der Waals surface area (Å²) < 4.78 is 22.7. The average molecular weight is 379 g/mol. The Hall–Kier alpha value is -1.31.